The highest BCUT2D eigenvalue weighted by molar-refractivity contribution is 5.76. The minimum Gasteiger partial charge on any atom is -0.508 e. The molecule has 1 aliphatic rings. The third kappa shape index (κ3) is 5.81. The first kappa shape index (κ1) is 21.3. The standard InChI is InChI=1S/C24H32N2O3/c1-26(2)19(16-17-10-13-20(27)14-11-17)12-15-23(29)25-24-21-8-4-3-6-18(21)7-5-9-22(24)28/h3-4,6,8,10-11,13-14,19,22,24,27-28H,5,7,9,12,15-16H2,1-2H3,(H,25,29)/t19-,22+,24?/m1/s1. The molecule has 0 saturated heterocycles. The molecule has 2 aromatic carbocycles. The summed E-state index contributed by atoms with van der Waals surface area (Å²) in [5.74, 6) is 0.236. The number of rotatable bonds is 7. The van der Waals surface area contributed by atoms with Crippen LogP contribution in [0.5, 0.6) is 5.75 Å². The van der Waals surface area contributed by atoms with Gasteiger partial charge in [-0.05, 0) is 75.0 Å². The fourth-order valence-corrected chi connectivity index (χ4v) is 4.11. The zero-order valence-electron chi connectivity index (χ0n) is 17.3. The van der Waals surface area contributed by atoms with Crippen LogP contribution in [0.2, 0.25) is 0 Å². The van der Waals surface area contributed by atoms with E-state index in [0.29, 0.717) is 12.8 Å². The molecule has 0 radical (unpaired) electrons. The van der Waals surface area contributed by atoms with Gasteiger partial charge in [0.2, 0.25) is 5.91 Å². The molecule has 156 valence electrons. The Bertz CT molecular complexity index is 804. The van der Waals surface area contributed by atoms with Crippen LogP contribution < -0.4 is 5.32 Å². The molecule has 1 unspecified atom stereocenters. The Morgan fingerprint density at radius 3 is 2.62 bits per heavy atom. The van der Waals surface area contributed by atoms with Gasteiger partial charge in [-0.15, -0.1) is 0 Å². The molecule has 3 rings (SSSR count). The zero-order valence-corrected chi connectivity index (χ0v) is 17.3. The summed E-state index contributed by atoms with van der Waals surface area (Å²) >= 11 is 0. The summed E-state index contributed by atoms with van der Waals surface area (Å²) < 4.78 is 0. The van der Waals surface area contributed by atoms with Crippen LogP contribution in [0, 0.1) is 0 Å². The first-order valence-electron chi connectivity index (χ1n) is 10.4. The Kier molecular flexibility index (Phi) is 7.29. The van der Waals surface area contributed by atoms with E-state index in [2.05, 4.69) is 16.3 Å². The molecule has 0 aromatic heterocycles. The van der Waals surface area contributed by atoms with Crippen LogP contribution in [0.15, 0.2) is 48.5 Å². The number of aryl methyl sites for hydroxylation is 1. The maximum atomic E-state index is 12.7. The van der Waals surface area contributed by atoms with Gasteiger partial charge in [0, 0.05) is 12.5 Å². The molecule has 0 aliphatic heterocycles. The van der Waals surface area contributed by atoms with Gasteiger partial charge in [-0.25, -0.2) is 0 Å². The van der Waals surface area contributed by atoms with Crippen molar-refractivity contribution in [2.75, 3.05) is 14.1 Å². The zero-order chi connectivity index (χ0) is 20.8. The number of likely N-dealkylation sites (N-methyl/N-ethyl adjacent to an activating group) is 1. The fourth-order valence-electron chi connectivity index (χ4n) is 4.11. The molecule has 2 aromatic rings. The van der Waals surface area contributed by atoms with Crippen LogP contribution in [-0.2, 0) is 17.6 Å². The van der Waals surface area contributed by atoms with E-state index in [4.69, 9.17) is 0 Å². The Labute approximate surface area is 173 Å². The highest BCUT2D eigenvalue weighted by Crippen LogP contribution is 2.29. The second-order valence-corrected chi connectivity index (χ2v) is 8.23. The molecular weight excluding hydrogens is 364 g/mol. The maximum absolute atomic E-state index is 12.7. The van der Waals surface area contributed by atoms with Gasteiger partial charge in [0.1, 0.15) is 5.75 Å². The number of aliphatic hydroxyl groups is 1. The molecule has 3 N–H and O–H groups in total. The second-order valence-electron chi connectivity index (χ2n) is 8.23. The largest absolute Gasteiger partial charge is 0.508 e. The van der Waals surface area contributed by atoms with E-state index in [9.17, 15) is 15.0 Å². The van der Waals surface area contributed by atoms with Crippen molar-refractivity contribution >= 4 is 5.91 Å². The highest BCUT2D eigenvalue weighted by atomic mass is 16.3. The van der Waals surface area contributed by atoms with E-state index in [1.54, 1.807) is 12.1 Å². The minimum absolute atomic E-state index is 0.0247. The number of amides is 1. The average Bonchev–Trinajstić information content (AvgIpc) is 2.85. The van der Waals surface area contributed by atoms with Gasteiger partial charge in [-0.3, -0.25) is 4.79 Å². The van der Waals surface area contributed by atoms with E-state index < -0.39 is 6.10 Å². The number of fused-ring (bicyclic) bond motifs is 1. The first-order chi connectivity index (χ1) is 13.9. The summed E-state index contributed by atoms with van der Waals surface area (Å²) in [6.07, 6.45) is 3.96. The third-order valence-electron chi connectivity index (χ3n) is 5.88. The molecule has 0 spiro atoms. The number of aromatic hydroxyl groups is 1. The SMILES string of the molecule is CN(C)[C@H](CCC(=O)NC1c2ccccc2CCC[C@@H]1O)Cc1ccc(O)cc1. The quantitative estimate of drug-likeness (QED) is 0.629. The Balaban J connectivity index is 1.61. The van der Waals surface area contributed by atoms with Gasteiger partial charge < -0.3 is 20.4 Å². The first-order valence-corrected chi connectivity index (χ1v) is 10.4. The molecule has 3 atom stereocenters. The summed E-state index contributed by atoms with van der Waals surface area (Å²) in [7, 11) is 4.04. The lowest BCUT2D eigenvalue weighted by Crippen LogP contribution is -2.37. The minimum atomic E-state index is -0.552. The average molecular weight is 397 g/mol. The second kappa shape index (κ2) is 9.90. The van der Waals surface area contributed by atoms with Crippen LogP contribution >= 0.6 is 0 Å². The number of phenols is 1. The van der Waals surface area contributed by atoms with E-state index in [0.717, 1.165) is 36.8 Å². The highest BCUT2D eigenvalue weighted by Gasteiger charge is 2.27. The van der Waals surface area contributed by atoms with Crippen LogP contribution in [-0.4, -0.2) is 47.3 Å². The molecule has 0 heterocycles. The lowest BCUT2D eigenvalue weighted by atomic mass is 9.97. The van der Waals surface area contributed by atoms with Gasteiger partial charge in [-0.2, -0.15) is 0 Å². The number of carbonyl (C=O) groups is 1. The molecule has 5 heteroatoms. The van der Waals surface area contributed by atoms with Crippen molar-refractivity contribution in [1.29, 1.82) is 0 Å². The predicted molar refractivity (Wildman–Crippen MR) is 115 cm³/mol. The van der Waals surface area contributed by atoms with Gasteiger partial charge in [-0.1, -0.05) is 36.4 Å². The summed E-state index contributed by atoms with van der Waals surface area (Å²) in [5, 5.41) is 23.1. The number of nitrogens with one attached hydrogen (secondary N) is 1. The normalized spacial score (nSPS) is 20.0. The number of hydrogen-bond acceptors (Lipinski definition) is 4. The number of benzene rings is 2. The third-order valence-corrected chi connectivity index (χ3v) is 5.88. The number of hydrogen-bond donors (Lipinski definition) is 3. The monoisotopic (exact) mass is 396 g/mol. The molecule has 0 fully saturated rings. The van der Waals surface area contributed by atoms with Gasteiger partial charge in [0.05, 0.1) is 12.1 Å². The molecule has 1 aliphatic carbocycles. The van der Waals surface area contributed by atoms with Crippen molar-refractivity contribution < 1.29 is 15.0 Å². The molecule has 0 saturated carbocycles. The van der Waals surface area contributed by atoms with E-state index in [-0.39, 0.29) is 23.7 Å². The van der Waals surface area contributed by atoms with E-state index >= 15 is 0 Å². The van der Waals surface area contributed by atoms with Crippen molar-refractivity contribution in [2.24, 2.45) is 0 Å². The molecule has 0 bridgehead atoms. The number of phenolic OH excluding ortho intramolecular Hbond substituents is 1. The summed E-state index contributed by atoms with van der Waals surface area (Å²) in [6.45, 7) is 0. The summed E-state index contributed by atoms with van der Waals surface area (Å²) in [5.41, 5.74) is 3.39. The van der Waals surface area contributed by atoms with Crippen molar-refractivity contribution in [3.8, 4) is 5.75 Å². The number of aliphatic hydroxyl groups excluding tert-OH is 1. The van der Waals surface area contributed by atoms with Crippen molar-refractivity contribution in [3.05, 3.63) is 65.2 Å². The topological polar surface area (TPSA) is 72.8 Å². The molecule has 29 heavy (non-hydrogen) atoms. The molecule has 1 amide bonds. The molecule has 5 nitrogen and oxygen atoms in total. The fraction of sp³-hybridized carbons (Fsp3) is 0.458. The summed E-state index contributed by atoms with van der Waals surface area (Å²) in [6, 6.07) is 15.2. The number of carbonyl (C=O) groups excluding carboxylic acids is 1. The maximum Gasteiger partial charge on any atom is 0.220 e. The van der Waals surface area contributed by atoms with Crippen molar-refractivity contribution in [2.45, 2.75) is 56.7 Å². The van der Waals surface area contributed by atoms with Crippen molar-refractivity contribution in [3.63, 3.8) is 0 Å². The van der Waals surface area contributed by atoms with Crippen LogP contribution in [0.1, 0.15) is 48.4 Å². The lowest BCUT2D eigenvalue weighted by Gasteiger charge is -2.26. The van der Waals surface area contributed by atoms with Crippen LogP contribution in [0.4, 0.5) is 0 Å². The van der Waals surface area contributed by atoms with Crippen LogP contribution in [0.3, 0.4) is 0 Å². The predicted octanol–water partition coefficient (Wildman–Crippen LogP) is 3.20. The molecular formula is C24H32N2O3. The van der Waals surface area contributed by atoms with Gasteiger partial charge >= 0.3 is 0 Å². The van der Waals surface area contributed by atoms with Gasteiger partial charge in [0.25, 0.3) is 0 Å². The Hall–Kier alpha value is -2.37. The smallest absolute Gasteiger partial charge is 0.220 e. The Morgan fingerprint density at radius 2 is 1.90 bits per heavy atom. The number of nitrogens with zero attached hydrogens (tertiary/aromatic N) is 1. The Morgan fingerprint density at radius 1 is 1.17 bits per heavy atom. The van der Waals surface area contributed by atoms with Crippen LogP contribution in [0.25, 0.3) is 0 Å². The lowest BCUT2D eigenvalue weighted by molar-refractivity contribution is -0.123. The summed E-state index contributed by atoms with van der Waals surface area (Å²) in [4.78, 5) is 14.9. The van der Waals surface area contributed by atoms with E-state index in [1.807, 2.05) is 44.4 Å². The van der Waals surface area contributed by atoms with Gasteiger partial charge in [0.15, 0.2) is 0 Å². The van der Waals surface area contributed by atoms with E-state index in [1.165, 1.54) is 5.56 Å². The van der Waals surface area contributed by atoms with Crippen molar-refractivity contribution in [1.82, 2.24) is 10.2 Å².